The highest BCUT2D eigenvalue weighted by Gasteiger charge is 2.32. The van der Waals surface area contributed by atoms with Crippen molar-refractivity contribution in [2.45, 2.75) is 58.4 Å². The Balaban J connectivity index is 2.07. The van der Waals surface area contributed by atoms with E-state index in [9.17, 15) is 4.79 Å². The number of carbonyl (C=O) groups is 1. The number of aliphatic hydroxyl groups excluding tert-OH is 1. The van der Waals surface area contributed by atoms with Gasteiger partial charge >= 0.3 is 0 Å². The monoisotopic (exact) mass is 293 g/mol. The van der Waals surface area contributed by atoms with Gasteiger partial charge in [0.05, 0.1) is 5.54 Å². The van der Waals surface area contributed by atoms with Gasteiger partial charge in [-0.25, -0.2) is 0 Å². The molecule has 0 saturated heterocycles. The number of hydrogen-bond donors (Lipinski definition) is 2. The topological polar surface area (TPSA) is 67.2 Å². The largest absolute Gasteiger partial charge is 0.396 e. The minimum Gasteiger partial charge on any atom is -0.396 e. The van der Waals surface area contributed by atoms with Crippen LogP contribution in [0.4, 0.5) is 0 Å². The van der Waals surface area contributed by atoms with Crippen LogP contribution in [0.3, 0.4) is 0 Å². The maximum Gasteiger partial charge on any atom is 0.271 e. The Kier molecular flexibility index (Phi) is 4.71. The van der Waals surface area contributed by atoms with Crippen LogP contribution in [-0.2, 0) is 5.54 Å². The molecular formula is C16H27N3O2. The minimum atomic E-state index is -0.121. The molecule has 1 aliphatic carbocycles. The summed E-state index contributed by atoms with van der Waals surface area (Å²) in [6, 6.07) is 1.94. The van der Waals surface area contributed by atoms with Crippen LogP contribution >= 0.6 is 0 Å². The summed E-state index contributed by atoms with van der Waals surface area (Å²) in [6.07, 6.45) is 3.08. The van der Waals surface area contributed by atoms with Crippen molar-refractivity contribution in [1.82, 2.24) is 15.1 Å². The van der Waals surface area contributed by atoms with Crippen LogP contribution in [0.25, 0.3) is 0 Å². The van der Waals surface area contributed by atoms with E-state index in [1.165, 1.54) is 18.5 Å². The van der Waals surface area contributed by atoms with E-state index >= 15 is 0 Å². The van der Waals surface area contributed by atoms with E-state index < -0.39 is 0 Å². The van der Waals surface area contributed by atoms with E-state index in [-0.39, 0.29) is 24.0 Å². The molecule has 1 unspecified atom stereocenters. The molecule has 1 atom stereocenters. The molecule has 5 nitrogen and oxygen atoms in total. The maximum absolute atomic E-state index is 12.2. The third kappa shape index (κ3) is 4.06. The Hall–Kier alpha value is -1.36. The van der Waals surface area contributed by atoms with Crippen molar-refractivity contribution in [3.63, 3.8) is 0 Å². The van der Waals surface area contributed by atoms with E-state index in [1.807, 2.05) is 17.7 Å². The van der Waals surface area contributed by atoms with Crippen molar-refractivity contribution in [3.05, 3.63) is 17.5 Å². The van der Waals surface area contributed by atoms with Crippen molar-refractivity contribution in [3.8, 4) is 0 Å². The van der Waals surface area contributed by atoms with Crippen LogP contribution in [0.2, 0.25) is 0 Å². The Bertz CT molecular complexity index is 498. The highest BCUT2D eigenvalue weighted by molar-refractivity contribution is 5.92. The number of aromatic nitrogens is 2. The summed E-state index contributed by atoms with van der Waals surface area (Å²) in [5.74, 6) is 0.711. The quantitative estimate of drug-likeness (QED) is 0.845. The van der Waals surface area contributed by atoms with Gasteiger partial charge in [0, 0.05) is 24.8 Å². The van der Waals surface area contributed by atoms with Gasteiger partial charge in [0.1, 0.15) is 5.69 Å². The van der Waals surface area contributed by atoms with Gasteiger partial charge in [-0.05, 0) is 52.0 Å². The molecular weight excluding hydrogens is 266 g/mol. The lowest BCUT2D eigenvalue weighted by molar-refractivity contribution is 0.0939. The molecule has 2 rings (SSSR count). The standard InChI is InChI=1S/C16H27N3O2/c1-11(7-8-20)10-17-15(21)13-9-14(12-5-6-12)19(18-13)16(2,3)4/h9,11-12,20H,5-8,10H2,1-4H3,(H,17,21). The highest BCUT2D eigenvalue weighted by Crippen LogP contribution is 2.41. The molecule has 0 aliphatic heterocycles. The third-order valence-corrected chi connectivity index (χ3v) is 3.83. The van der Waals surface area contributed by atoms with Crippen LogP contribution in [0, 0.1) is 5.92 Å². The van der Waals surface area contributed by atoms with Crippen molar-refractivity contribution in [1.29, 1.82) is 0 Å². The van der Waals surface area contributed by atoms with Gasteiger partial charge in [0.15, 0.2) is 0 Å². The zero-order chi connectivity index (χ0) is 15.6. The zero-order valence-electron chi connectivity index (χ0n) is 13.5. The molecule has 1 aliphatic rings. The van der Waals surface area contributed by atoms with Crippen LogP contribution < -0.4 is 5.32 Å². The van der Waals surface area contributed by atoms with Crippen molar-refractivity contribution >= 4 is 5.91 Å². The first-order valence-corrected chi connectivity index (χ1v) is 7.82. The van der Waals surface area contributed by atoms with Crippen LogP contribution in [0.5, 0.6) is 0 Å². The average molecular weight is 293 g/mol. The summed E-state index contributed by atoms with van der Waals surface area (Å²) < 4.78 is 2.00. The summed E-state index contributed by atoms with van der Waals surface area (Å²) in [5, 5.41) is 16.3. The molecule has 1 heterocycles. The molecule has 5 heteroatoms. The lowest BCUT2D eigenvalue weighted by atomic mass is 10.1. The lowest BCUT2D eigenvalue weighted by Gasteiger charge is -2.22. The average Bonchev–Trinajstić information content (AvgIpc) is 3.13. The first kappa shape index (κ1) is 16.0. The van der Waals surface area contributed by atoms with Crippen molar-refractivity contribution < 1.29 is 9.90 Å². The second-order valence-corrected chi connectivity index (χ2v) is 7.14. The van der Waals surface area contributed by atoms with E-state index in [0.29, 0.717) is 24.6 Å². The van der Waals surface area contributed by atoms with E-state index in [2.05, 4.69) is 31.2 Å². The van der Waals surface area contributed by atoms with Crippen LogP contribution in [0.1, 0.15) is 69.1 Å². The highest BCUT2D eigenvalue weighted by atomic mass is 16.3. The van der Waals surface area contributed by atoms with Crippen molar-refractivity contribution in [2.24, 2.45) is 5.92 Å². The number of hydrogen-bond acceptors (Lipinski definition) is 3. The van der Waals surface area contributed by atoms with Gasteiger partial charge in [-0.2, -0.15) is 5.10 Å². The molecule has 0 spiro atoms. The van der Waals surface area contributed by atoms with Gasteiger partial charge in [-0.1, -0.05) is 6.92 Å². The maximum atomic E-state index is 12.2. The molecule has 2 N–H and O–H groups in total. The van der Waals surface area contributed by atoms with Crippen LogP contribution in [0.15, 0.2) is 6.07 Å². The Morgan fingerprint density at radius 3 is 2.71 bits per heavy atom. The number of nitrogens with one attached hydrogen (secondary N) is 1. The molecule has 0 radical (unpaired) electrons. The first-order chi connectivity index (χ1) is 9.82. The Morgan fingerprint density at radius 1 is 1.52 bits per heavy atom. The molecule has 0 bridgehead atoms. The fourth-order valence-corrected chi connectivity index (χ4v) is 2.39. The summed E-state index contributed by atoms with van der Waals surface area (Å²) in [6.45, 7) is 9.06. The molecule has 118 valence electrons. The van der Waals surface area contributed by atoms with Gasteiger partial charge < -0.3 is 10.4 Å². The molecule has 1 aromatic rings. The molecule has 1 fully saturated rings. The molecule has 21 heavy (non-hydrogen) atoms. The van der Waals surface area contributed by atoms with Gasteiger partial charge in [0.2, 0.25) is 0 Å². The summed E-state index contributed by atoms with van der Waals surface area (Å²) in [7, 11) is 0. The predicted octanol–water partition coefficient (Wildman–Crippen LogP) is 2.26. The summed E-state index contributed by atoms with van der Waals surface area (Å²) in [5.41, 5.74) is 1.57. The zero-order valence-corrected chi connectivity index (χ0v) is 13.5. The number of carbonyl (C=O) groups excluding carboxylic acids is 1. The molecule has 1 saturated carbocycles. The molecule has 1 amide bonds. The predicted molar refractivity (Wildman–Crippen MR) is 82.4 cm³/mol. The summed E-state index contributed by atoms with van der Waals surface area (Å²) >= 11 is 0. The first-order valence-electron chi connectivity index (χ1n) is 7.82. The van der Waals surface area contributed by atoms with E-state index in [4.69, 9.17) is 5.11 Å². The number of rotatable bonds is 6. The fourth-order valence-electron chi connectivity index (χ4n) is 2.39. The smallest absolute Gasteiger partial charge is 0.271 e. The SMILES string of the molecule is CC(CCO)CNC(=O)c1cc(C2CC2)n(C(C)(C)C)n1. The van der Waals surface area contributed by atoms with Gasteiger partial charge in [0.25, 0.3) is 5.91 Å². The second-order valence-electron chi connectivity index (χ2n) is 7.14. The number of aliphatic hydroxyl groups is 1. The third-order valence-electron chi connectivity index (χ3n) is 3.83. The summed E-state index contributed by atoms with van der Waals surface area (Å²) in [4.78, 5) is 12.2. The van der Waals surface area contributed by atoms with Crippen molar-refractivity contribution in [2.75, 3.05) is 13.2 Å². The lowest BCUT2D eigenvalue weighted by Crippen LogP contribution is -2.30. The van der Waals surface area contributed by atoms with E-state index in [1.54, 1.807) is 0 Å². The number of amides is 1. The van der Waals surface area contributed by atoms with Gasteiger partial charge in [-0.15, -0.1) is 0 Å². The number of nitrogens with zero attached hydrogens (tertiary/aromatic N) is 2. The minimum absolute atomic E-state index is 0.110. The molecule has 0 aromatic carbocycles. The Morgan fingerprint density at radius 2 is 2.19 bits per heavy atom. The fraction of sp³-hybridized carbons (Fsp3) is 0.750. The Labute approximate surface area is 126 Å². The normalized spacial score (nSPS) is 16.8. The van der Waals surface area contributed by atoms with Crippen LogP contribution in [-0.4, -0.2) is 33.9 Å². The second kappa shape index (κ2) is 6.18. The molecule has 1 aromatic heterocycles. The van der Waals surface area contributed by atoms with Gasteiger partial charge in [-0.3, -0.25) is 9.48 Å². The van der Waals surface area contributed by atoms with E-state index in [0.717, 1.165) is 0 Å².